The summed E-state index contributed by atoms with van der Waals surface area (Å²) in [5, 5.41) is 13.8. The van der Waals surface area contributed by atoms with Gasteiger partial charge in [-0.05, 0) is 12.5 Å². The maximum atomic E-state index is 10.7. The summed E-state index contributed by atoms with van der Waals surface area (Å²) in [6.07, 6.45) is 1.96. The van der Waals surface area contributed by atoms with Gasteiger partial charge in [0.15, 0.2) is 0 Å². The molecule has 1 aromatic carbocycles. The summed E-state index contributed by atoms with van der Waals surface area (Å²) < 4.78 is 0. The normalized spacial score (nSPS) is 12.5. The zero-order valence-electron chi connectivity index (χ0n) is 10.5. The Labute approximate surface area is 115 Å². The number of hydrogen-bond donors (Lipinski definition) is 2. The molecule has 0 radical (unpaired) electrons. The number of H-pyrrole nitrogens is 1. The minimum absolute atomic E-state index is 0.0453. The van der Waals surface area contributed by atoms with Crippen LogP contribution in [-0.4, -0.2) is 26.8 Å². The first kappa shape index (κ1) is 13.6. The largest absolute Gasteiger partial charge is 0.354 e. The highest BCUT2D eigenvalue weighted by Crippen LogP contribution is 2.20. The van der Waals surface area contributed by atoms with E-state index in [1.54, 1.807) is 6.07 Å². The molecule has 0 saturated carbocycles. The Kier molecular flexibility index (Phi) is 4.21. The number of nitrogens with one attached hydrogen (secondary N) is 2. The van der Waals surface area contributed by atoms with Gasteiger partial charge in [0.2, 0.25) is 5.95 Å². The molecule has 7 heteroatoms. The molecular weight excluding hydrogens is 268 g/mol. The molecule has 1 unspecified atom stereocenters. The van der Waals surface area contributed by atoms with Crippen molar-refractivity contribution in [3.05, 3.63) is 28.3 Å². The van der Waals surface area contributed by atoms with Crippen molar-refractivity contribution in [2.45, 2.75) is 25.1 Å². The van der Waals surface area contributed by atoms with Gasteiger partial charge in [-0.1, -0.05) is 13.3 Å². The highest BCUT2D eigenvalue weighted by atomic mass is 35.5. The third kappa shape index (κ3) is 3.35. The van der Waals surface area contributed by atoms with Crippen LogP contribution in [0.4, 0.5) is 11.6 Å². The van der Waals surface area contributed by atoms with E-state index in [-0.39, 0.29) is 11.1 Å². The smallest absolute Gasteiger partial charge is 0.271 e. The lowest BCUT2D eigenvalue weighted by atomic mass is 10.2. The van der Waals surface area contributed by atoms with Crippen LogP contribution >= 0.6 is 11.6 Å². The summed E-state index contributed by atoms with van der Waals surface area (Å²) in [5.74, 6) is 0.581. The zero-order valence-corrected chi connectivity index (χ0v) is 11.3. The van der Waals surface area contributed by atoms with Crippen LogP contribution in [0.15, 0.2) is 18.2 Å². The number of nitro benzene ring substituents is 1. The van der Waals surface area contributed by atoms with Gasteiger partial charge in [0, 0.05) is 18.7 Å². The van der Waals surface area contributed by atoms with Crippen molar-refractivity contribution >= 4 is 34.3 Å². The Morgan fingerprint density at radius 2 is 2.37 bits per heavy atom. The maximum Gasteiger partial charge on any atom is 0.271 e. The standard InChI is InChI=1S/C12H15ClN4O2/c1-2-3-8(13)7-14-12-15-10-5-4-9(17(18)19)6-11(10)16-12/h4-6,8H,2-3,7H2,1H3,(H2,14,15,16). The van der Waals surface area contributed by atoms with Crippen molar-refractivity contribution < 1.29 is 4.92 Å². The Bertz CT molecular complexity index is 584. The molecule has 0 saturated heterocycles. The van der Waals surface area contributed by atoms with Crippen molar-refractivity contribution in [3.8, 4) is 0 Å². The van der Waals surface area contributed by atoms with E-state index in [2.05, 4.69) is 22.2 Å². The van der Waals surface area contributed by atoms with Crippen LogP contribution in [0.25, 0.3) is 11.0 Å². The van der Waals surface area contributed by atoms with Crippen molar-refractivity contribution in [1.82, 2.24) is 9.97 Å². The number of anilines is 1. The minimum atomic E-state index is -0.427. The van der Waals surface area contributed by atoms with Crippen LogP contribution in [0.1, 0.15) is 19.8 Å². The van der Waals surface area contributed by atoms with Crippen LogP contribution in [0.3, 0.4) is 0 Å². The second-order valence-corrected chi connectivity index (χ2v) is 4.93. The maximum absolute atomic E-state index is 10.7. The molecule has 0 aliphatic heterocycles. The Balaban J connectivity index is 2.11. The van der Waals surface area contributed by atoms with Crippen LogP contribution in [0, 0.1) is 10.1 Å². The number of alkyl halides is 1. The van der Waals surface area contributed by atoms with Crippen molar-refractivity contribution in [2.24, 2.45) is 0 Å². The van der Waals surface area contributed by atoms with E-state index < -0.39 is 4.92 Å². The number of benzene rings is 1. The summed E-state index contributed by atoms with van der Waals surface area (Å²) in [7, 11) is 0. The number of hydrogen-bond acceptors (Lipinski definition) is 4. The zero-order chi connectivity index (χ0) is 13.8. The van der Waals surface area contributed by atoms with E-state index in [1.807, 2.05) is 0 Å². The minimum Gasteiger partial charge on any atom is -0.354 e. The van der Waals surface area contributed by atoms with E-state index in [1.165, 1.54) is 12.1 Å². The van der Waals surface area contributed by atoms with Gasteiger partial charge in [0.1, 0.15) is 0 Å². The lowest BCUT2D eigenvalue weighted by Crippen LogP contribution is -2.14. The molecule has 0 aliphatic rings. The van der Waals surface area contributed by atoms with Crippen LogP contribution in [-0.2, 0) is 0 Å². The second-order valence-electron chi connectivity index (χ2n) is 4.31. The van der Waals surface area contributed by atoms with Gasteiger partial charge in [0.25, 0.3) is 5.69 Å². The Hall–Kier alpha value is -1.82. The molecule has 0 amide bonds. The van der Waals surface area contributed by atoms with Crippen LogP contribution in [0.5, 0.6) is 0 Å². The number of non-ortho nitro benzene ring substituents is 1. The summed E-state index contributed by atoms with van der Waals surface area (Å²) in [5.41, 5.74) is 1.37. The van der Waals surface area contributed by atoms with Gasteiger partial charge in [-0.15, -0.1) is 11.6 Å². The van der Waals surface area contributed by atoms with E-state index in [0.29, 0.717) is 23.5 Å². The summed E-state index contributed by atoms with van der Waals surface area (Å²) in [6.45, 7) is 2.69. The lowest BCUT2D eigenvalue weighted by Gasteiger charge is -2.07. The van der Waals surface area contributed by atoms with E-state index in [9.17, 15) is 10.1 Å². The molecule has 1 aromatic heterocycles. The third-order valence-electron chi connectivity index (χ3n) is 2.77. The number of aromatic amines is 1. The van der Waals surface area contributed by atoms with E-state index >= 15 is 0 Å². The number of aromatic nitrogens is 2. The molecule has 0 aliphatic carbocycles. The molecule has 2 rings (SSSR count). The quantitative estimate of drug-likeness (QED) is 0.484. The Morgan fingerprint density at radius 1 is 1.58 bits per heavy atom. The Morgan fingerprint density at radius 3 is 3.05 bits per heavy atom. The van der Waals surface area contributed by atoms with E-state index in [0.717, 1.165) is 12.8 Å². The first-order valence-electron chi connectivity index (χ1n) is 6.12. The van der Waals surface area contributed by atoms with Gasteiger partial charge in [0.05, 0.1) is 21.3 Å². The summed E-state index contributed by atoms with van der Waals surface area (Å²) in [4.78, 5) is 17.5. The number of halogens is 1. The molecule has 0 spiro atoms. The predicted octanol–water partition coefficient (Wildman–Crippen LogP) is 3.29. The third-order valence-corrected chi connectivity index (χ3v) is 3.14. The average molecular weight is 283 g/mol. The van der Waals surface area contributed by atoms with Gasteiger partial charge >= 0.3 is 0 Å². The lowest BCUT2D eigenvalue weighted by molar-refractivity contribution is -0.384. The fraction of sp³-hybridized carbons (Fsp3) is 0.417. The second kappa shape index (κ2) is 5.88. The number of nitro groups is 1. The number of fused-ring (bicyclic) bond motifs is 1. The molecule has 6 nitrogen and oxygen atoms in total. The fourth-order valence-corrected chi connectivity index (χ4v) is 2.11. The predicted molar refractivity (Wildman–Crippen MR) is 75.8 cm³/mol. The molecule has 2 N–H and O–H groups in total. The molecule has 1 heterocycles. The molecule has 1 atom stereocenters. The van der Waals surface area contributed by atoms with Gasteiger partial charge in [-0.25, -0.2) is 4.98 Å². The fourth-order valence-electron chi connectivity index (χ4n) is 1.82. The topological polar surface area (TPSA) is 83.8 Å². The van der Waals surface area contributed by atoms with Crippen molar-refractivity contribution in [2.75, 3.05) is 11.9 Å². The molecule has 0 bridgehead atoms. The first-order valence-corrected chi connectivity index (χ1v) is 6.56. The van der Waals surface area contributed by atoms with Gasteiger partial charge < -0.3 is 10.3 Å². The molecule has 19 heavy (non-hydrogen) atoms. The molecule has 0 fully saturated rings. The van der Waals surface area contributed by atoms with Gasteiger partial charge in [-0.3, -0.25) is 10.1 Å². The highest BCUT2D eigenvalue weighted by molar-refractivity contribution is 6.20. The van der Waals surface area contributed by atoms with Crippen molar-refractivity contribution in [3.63, 3.8) is 0 Å². The molecule has 2 aromatic rings. The van der Waals surface area contributed by atoms with Gasteiger partial charge in [-0.2, -0.15) is 0 Å². The highest BCUT2D eigenvalue weighted by Gasteiger charge is 2.10. The van der Waals surface area contributed by atoms with Crippen LogP contribution in [0.2, 0.25) is 0 Å². The first-order chi connectivity index (χ1) is 9.10. The molecule has 102 valence electrons. The average Bonchev–Trinajstić information content (AvgIpc) is 2.78. The van der Waals surface area contributed by atoms with E-state index in [4.69, 9.17) is 11.6 Å². The van der Waals surface area contributed by atoms with Crippen LogP contribution < -0.4 is 5.32 Å². The SMILES string of the molecule is CCCC(Cl)CNc1nc2ccc([N+](=O)[O-])cc2[nH]1. The molecular formula is C12H15ClN4O2. The monoisotopic (exact) mass is 282 g/mol. The summed E-state index contributed by atoms with van der Waals surface area (Å²) in [6, 6.07) is 4.53. The number of rotatable bonds is 6. The number of imidazole rings is 1. The summed E-state index contributed by atoms with van der Waals surface area (Å²) >= 11 is 6.10. The van der Waals surface area contributed by atoms with Crippen molar-refractivity contribution in [1.29, 1.82) is 0 Å². The number of nitrogens with zero attached hydrogens (tertiary/aromatic N) is 2.